The van der Waals surface area contributed by atoms with E-state index in [1.54, 1.807) is 18.2 Å². The van der Waals surface area contributed by atoms with Crippen LogP contribution in [0.15, 0.2) is 18.2 Å². The Kier molecular flexibility index (Phi) is 4.27. The largest absolute Gasteiger partial charge is 0.486 e. The topological polar surface area (TPSA) is 55.8 Å². The molecule has 0 aromatic heterocycles. The Morgan fingerprint density at radius 1 is 1.45 bits per heavy atom. The maximum atomic E-state index is 11.5. The van der Waals surface area contributed by atoms with Gasteiger partial charge in [0, 0.05) is 5.56 Å². The van der Waals surface area contributed by atoms with Gasteiger partial charge in [-0.1, -0.05) is 6.92 Å². The lowest BCUT2D eigenvalue weighted by atomic mass is 10.1. The summed E-state index contributed by atoms with van der Waals surface area (Å²) < 4.78 is 10.6. The first-order chi connectivity index (χ1) is 9.55. The SMILES string of the molecule is CCC1CN(CC(=O)OC)c2cc(C(C)=O)ccc2O1. The summed E-state index contributed by atoms with van der Waals surface area (Å²) in [7, 11) is 1.37. The number of ether oxygens (including phenoxy) is 2. The molecule has 5 nitrogen and oxygen atoms in total. The zero-order valence-corrected chi connectivity index (χ0v) is 12.0. The highest BCUT2D eigenvalue weighted by Gasteiger charge is 2.26. The van der Waals surface area contributed by atoms with Crippen molar-refractivity contribution in [2.24, 2.45) is 0 Å². The van der Waals surface area contributed by atoms with Gasteiger partial charge in [-0.05, 0) is 31.5 Å². The second-order valence-corrected chi connectivity index (χ2v) is 4.84. The molecule has 1 aliphatic rings. The minimum absolute atomic E-state index is 0.0107. The van der Waals surface area contributed by atoms with Crippen LogP contribution in [0.25, 0.3) is 0 Å². The molecule has 0 amide bonds. The van der Waals surface area contributed by atoms with Gasteiger partial charge in [-0.25, -0.2) is 0 Å². The van der Waals surface area contributed by atoms with E-state index in [9.17, 15) is 9.59 Å². The molecule has 1 heterocycles. The molecule has 1 unspecified atom stereocenters. The summed E-state index contributed by atoms with van der Waals surface area (Å²) >= 11 is 0. The van der Waals surface area contributed by atoms with Crippen molar-refractivity contribution in [2.75, 3.05) is 25.1 Å². The van der Waals surface area contributed by atoms with Crippen LogP contribution < -0.4 is 9.64 Å². The minimum Gasteiger partial charge on any atom is -0.486 e. The van der Waals surface area contributed by atoms with E-state index in [2.05, 4.69) is 0 Å². The van der Waals surface area contributed by atoms with E-state index in [-0.39, 0.29) is 24.4 Å². The maximum absolute atomic E-state index is 11.5. The van der Waals surface area contributed by atoms with E-state index in [0.29, 0.717) is 17.9 Å². The number of Topliss-reactive ketones (excluding diaryl/α,β-unsaturated/α-hetero) is 1. The second kappa shape index (κ2) is 5.94. The summed E-state index contributed by atoms with van der Waals surface area (Å²) in [6.45, 7) is 4.32. The number of carbonyl (C=O) groups excluding carboxylic acids is 2. The van der Waals surface area contributed by atoms with E-state index in [0.717, 1.165) is 12.1 Å². The number of benzene rings is 1. The molecule has 108 valence electrons. The minimum atomic E-state index is -0.305. The van der Waals surface area contributed by atoms with E-state index in [1.165, 1.54) is 14.0 Å². The number of ketones is 1. The third kappa shape index (κ3) is 2.92. The molecule has 0 aliphatic carbocycles. The molecule has 0 bridgehead atoms. The molecular weight excluding hydrogens is 258 g/mol. The van der Waals surface area contributed by atoms with Gasteiger partial charge >= 0.3 is 5.97 Å². The van der Waals surface area contributed by atoms with E-state index in [1.807, 2.05) is 11.8 Å². The van der Waals surface area contributed by atoms with Crippen LogP contribution in [0, 0.1) is 0 Å². The normalized spacial score (nSPS) is 17.1. The number of esters is 1. The summed E-state index contributed by atoms with van der Waals surface area (Å²) in [6.07, 6.45) is 0.890. The van der Waals surface area contributed by atoms with Crippen LogP contribution in [0.3, 0.4) is 0 Å². The Balaban J connectivity index is 2.35. The van der Waals surface area contributed by atoms with Gasteiger partial charge in [-0.3, -0.25) is 9.59 Å². The number of nitrogens with zero attached hydrogens (tertiary/aromatic N) is 1. The quantitative estimate of drug-likeness (QED) is 0.622. The highest BCUT2D eigenvalue weighted by Crippen LogP contribution is 2.35. The van der Waals surface area contributed by atoms with Gasteiger partial charge < -0.3 is 14.4 Å². The van der Waals surface area contributed by atoms with Crippen molar-refractivity contribution in [3.05, 3.63) is 23.8 Å². The van der Waals surface area contributed by atoms with Crippen molar-refractivity contribution in [3.8, 4) is 5.75 Å². The van der Waals surface area contributed by atoms with Crippen molar-refractivity contribution >= 4 is 17.4 Å². The van der Waals surface area contributed by atoms with Gasteiger partial charge in [0.1, 0.15) is 18.4 Å². The molecule has 0 saturated heterocycles. The Labute approximate surface area is 118 Å². The van der Waals surface area contributed by atoms with Crippen LogP contribution >= 0.6 is 0 Å². The van der Waals surface area contributed by atoms with Gasteiger partial charge in [0.25, 0.3) is 0 Å². The maximum Gasteiger partial charge on any atom is 0.325 e. The summed E-state index contributed by atoms with van der Waals surface area (Å²) in [6, 6.07) is 5.31. The van der Waals surface area contributed by atoms with Crippen molar-refractivity contribution in [1.29, 1.82) is 0 Å². The average Bonchev–Trinajstić information content (AvgIpc) is 2.46. The molecule has 1 aliphatic heterocycles. The smallest absolute Gasteiger partial charge is 0.325 e. The predicted molar refractivity (Wildman–Crippen MR) is 75.4 cm³/mol. The molecule has 1 aromatic rings. The average molecular weight is 277 g/mol. The number of carbonyl (C=O) groups is 2. The summed E-state index contributed by atoms with van der Waals surface area (Å²) in [5.74, 6) is 0.390. The fraction of sp³-hybridized carbons (Fsp3) is 0.467. The van der Waals surface area contributed by atoms with Crippen LogP contribution in [-0.2, 0) is 9.53 Å². The van der Waals surface area contributed by atoms with E-state index in [4.69, 9.17) is 9.47 Å². The monoisotopic (exact) mass is 277 g/mol. The molecule has 0 radical (unpaired) electrons. The van der Waals surface area contributed by atoms with Gasteiger partial charge in [-0.2, -0.15) is 0 Å². The first-order valence-corrected chi connectivity index (χ1v) is 6.68. The lowest BCUT2D eigenvalue weighted by Crippen LogP contribution is -2.42. The number of anilines is 1. The first-order valence-electron chi connectivity index (χ1n) is 6.68. The standard InChI is InChI=1S/C15H19NO4/c1-4-12-8-16(9-15(18)19-3)13-7-11(10(2)17)5-6-14(13)20-12/h5-7,12H,4,8-9H2,1-3H3. The fourth-order valence-electron chi connectivity index (χ4n) is 2.23. The van der Waals surface area contributed by atoms with Crippen LogP contribution in [0.2, 0.25) is 0 Å². The number of methoxy groups -OCH3 is 1. The van der Waals surface area contributed by atoms with Crippen molar-refractivity contribution in [2.45, 2.75) is 26.4 Å². The highest BCUT2D eigenvalue weighted by molar-refractivity contribution is 5.95. The molecule has 5 heteroatoms. The molecule has 2 rings (SSSR count). The summed E-state index contributed by atoms with van der Waals surface area (Å²) in [5, 5.41) is 0. The van der Waals surface area contributed by atoms with E-state index < -0.39 is 0 Å². The van der Waals surface area contributed by atoms with Crippen molar-refractivity contribution in [1.82, 2.24) is 0 Å². The van der Waals surface area contributed by atoms with Crippen LogP contribution in [-0.4, -0.2) is 38.1 Å². The lowest BCUT2D eigenvalue weighted by molar-refractivity contribution is -0.139. The first kappa shape index (κ1) is 14.4. The predicted octanol–water partition coefficient (Wildman–Crippen LogP) is 2.04. The summed E-state index contributed by atoms with van der Waals surface area (Å²) in [5.41, 5.74) is 1.38. The number of fused-ring (bicyclic) bond motifs is 1. The van der Waals surface area contributed by atoms with Crippen LogP contribution in [0.5, 0.6) is 5.75 Å². The molecule has 1 aromatic carbocycles. The Morgan fingerprint density at radius 3 is 2.80 bits per heavy atom. The summed E-state index contributed by atoms with van der Waals surface area (Å²) in [4.78, 5) is 24.9. The molecule has 0 saturated carbocycles. The molecule has 20 heavy (non-hydrogen) atoms. The van der Waals surface area contributed by atoms with Gasteiger partial charge in [0.15, 0.2) is 5.78 Å². The van der Waals surface area contributed by atoms with Gasteiger partial charge in [-0.15, -0.1) is 0 Å². The highest BCUT2D eigenvalue weighted by atomic mass is 16.5. The lowest BCUT2D eigenvalue weighted by Gasteiger charge is -2.35. The number of rotatable bonds is 4. The zero-order chi connectivity index (χ0) is 14.7. The zero-order valence-electron chi connectivity index (χ0n) is 12.0. The Bertz CT molecular complexity index is 527. The fourth-order valence-corrected chi connectivity index (χ4v) is 2.23. The van der Waals surface area contributed by atoms with Gasteiger partial charge in [0.2, 0.25) is 0 Å². The van der Waals surface area contributed by atoms with E-state index >= 15 is 0 Å². The molecule has 1 atom stereocenters. The molecule has 0 N–H and O–H groups in total. The Hall–Kier alpha value is -2.04. The van der Waals surface area contributed by atoms with Crippen LogP contribution in [0.1, 0.15) is 30.6 Å². The number of hydrogen-bond acceptors (Lipinski definition) is 5. The second-order valence-electron chi connectivity index (χ2n) is 4.84. The third-order valence-corrected chi connectivity index (χ3v) is 3.43. The molecule has 0 spiro atoms. The van der Waals surface area contributed by atoms with Crippen molar-refractivity contribution < 1.29 is 19.1 Å². The molecular formula is C15H19NO4. The number of hydrogen-bond donors (Lipinski definition) is 0. The molecule has 0 fully saturated rings. The third-order valence-electron chi connectivity index (χ3n) is 3.43. The van der Waals surface area contributed by atoms with Crippen LogP contribution in [0.4, 0.5) is 5.69 Å². The van der Waals surface area contributed by atoms with Crippen molar-refractivity contribution in [3.63, 3.8) is 0 Å². The van der Waals surface area contributed by atoms with Gasteiger partial charge in [0.05, 0.1) is 19.3 Å². The Morgan fingerprint density at radius 2 is 2.20 bits per heavy atom.